The van der Waals surface area contributed by atoms with E-state index in [0.29, 0.717) is 24.5 Å². The van der Waals surface area contributed by atoms with Gasteiger partial charge in [0, 0.05) is 18.8 Å². The highest BCUT2D eigenvalue weighted by Crippen LogP contribution is 2.25. The number of hydrogen-bond donors (Lipinski definition) is 0. The van der Waals surface area contributed by atoms with Gasteiger partial charge < -0.3 is 9.64 Å². The predicted molar refractivity (Wildman–Crippen MR) is 116 cm³/mol. The first-order valence-electron chi connectivity index (χ1n) is 9.31. The summed E-state index contributed by atoms with van der Waals surface area (Å²) >= 11 is 0. The molecule has 0 spiro atoms. The number of benzene rings is 2. The number of anilines is 1. The Morgan fingerprint density at radius 2 is 1.48 bits per heavy atom. The monoisotopic (exact) mass is 440 g/mol. The van der Waals surface area contributed by atoms with E-state index >= 15 is 0 Å². The Kier molecular flexibility index (Phi) is 8.06. The second kappa shape index (κ2) is 10.1. The van der Waals surface area contributed by atoms with Crippen molar-refractivity contribution in [1.82, 2.24) is 4.90 Å². The molecule has 7 nitrogen and oxygen atoms in total. The summed E-state index contributed by atoms with van der Waals surface area (Å²) in [7, 11) is -3.09. The van der Waals surface area contributed by atoms with Gasteiger partial charge >= 0.3 is 0 Å². The fraction of sp³-hybridized carbons (Fsp3) is 0.400. The molecule has 0 saturated carbocycles. The van der Waals surface area contributed by atoms with Gasteiger partial charge in [0.05, 0.1) is 16.3 Å². The van der Waals surface area contributed by atoms with Crippen molar-refractivity contribution in [2.45, 2.75) is 11.8 Å². The molecule has 9 heteroatoms. The van der Waals surface area contributed by atoms with E-state index in [1.165, 1.54) is 16.4 Å². The number of ether oxygens (including phenoxy) is 1. The fourth-order valence-corrected chi connectivity index (χ4v) is 4.62. The minimum Gasteiger partial charge on any atom is -0.493 e. The van der Waals surface area contributed by atoms with Gasteiger partial charge in [-0.3, -0.25) is 4.31 Å². The second-order valence-corrected chi connectivity index (χ2v) is 11.1. The van der Waals surface area contributed by atoms with Gasteiger partial charge in [0.15, 0.2) is 9.84 Å². The number of rotatable bonds is 11. The SMILES string of the molecule is CCS(=O)(=O)CCOc1ccc(S(=O)(=O)N(CCN(C)C)c2ccccc2)cc1. The number of nitrogens with zero attached hydrogens (tertiary/aromatic N) is 2. The summed E-state index contributed by atoms with van der Waals surface area (Å²) in [6, 6.07) is 15.0. The number of sulfonamides is 1. The topological polar surface area (TPSA) is 84.0 Å². The predicted octanol–water partition coefficient (Wildman–Crippen LogP) is 2.26. The molecule has 0 bridgehead atoms. The Hall–Kier alpha value is -2.10. The molecule has 0 saturated heterocycles. The summed E-state index contributed by atoms with van der Waals surface area (Å²) in [5.41, 5.74) is 0.597. The average Bonchev–Trinajstić information content (AvgIpc) is 2.69. The lowest BCUT2D eigenvalue weighted by Crippen LogP contribution is -2.36. The highest BCUT2D eigenvalue weighted by atomic mass is 32.2. The molecule has 0 heterocycles. The third kappa shape index (κ3) is 6.73. The summed E-state index contributed by atoms with van der Waals surface area (Å²) < 4.78 is 56.3. The summed E-state index contributed by atoms with van der Waals surface area (Å²) in [5, 5.41) is 0. The zero-order chi connectivity index (χ0) is 21.5. The van der Waals surface area contributed by atoms with Crippen molar-refractivity contribution in [2.24, 2.45) is 0 Å². The van der Waals surface area contributed by atoms with Crippen LogP contribution >= 0.6 is 0 Å². The normalized spacial score (nSPS) is 12.1. The van der Waals surface area contributed by atoms with Crippen LogP contribution in [0.1, 0.15) is 6.92 Å². The molecule has 0 atom stereocenters. The Balaban J connectivity index is 2.18. The Bertz CT molecular complexity index is 973. The van der Waals surface area contributed by atoms with E-state index in [1.54, 1.807) is 43.3 Å². The van der Waals surface area contributed by atoms with Gasteiger partial charge in [0.2, 0.25) is 0 Å². The smallest absolute Gasteiger partial charge is 0.264 e. The minimum atomic E-state index is -3.76. The first-order chi connectivity index (χ1) is 13.7. The fourth-order valence-electron chi connectivity index (χ4n) is 2.54. The number of likely N-dealkylation sites (N-methyl/N-ethyl adjacent to an activating group) is 1. The van der Waals surface area contributed by atoms with Crippen LogP contribution in [0.15, 0.2) is 59.5 Å². The molecule has 2 aromatic rings. The average molecular weight is 441 g/mol. The van der Waals surface area contributed by atoms with Crippen LogP contribution in [-0.4, -0.2) is 67.0 Å². The van der Waals surface area contributed by atoms with Gasteiger partial charge in [0.1, 0.15) is 12.4 Å². The lowest BCUT2D eigenvalue weighted by Gasteiger charge is -2.26. The van der Waals surface area contributed by atoms with Gasteiger partial charge in [-0.15, -0.1) is 0 Å². The van der Waals surface area contributed by atoms with E-state index in [-0.39, 0.29) is 23.0 Å². The quantitative estimate of drug-likeness (QED) is 0.533. The van der Waals surface area contributed by atoms with Gasteiger partial charge in [-0.1, -0.05) is 25.1 Å². The van der Waals surface area contributed by atoms with E-state index < -0.39 is 19.9 Å². The summed E-state index contributed by atoms with van der Waals surface area (Å²) in [5.74, 6) is 0.417. The maximum Gasteiger partial charge on any atom is 0.264 e. The van der Waals surface area contributed by atoms with E-state index in [2.05, 4.69) is 0 Å². The van der Waals surface area contributed by atoms with E-state index in [4.69, 9.17) is 4.74 Å². The summed E-state index contributed by atoms with van der Waals surface area (Å²) in [6.45, 7) is 2.50. The zero-order valence-electron chi connectivity index (χ0n) is 17.0. The van der Waals surface area contributed by atoms with Crippen LogP contribution < -0.4 is 9.04 Å². The highest BCUT2D eigenvalue weighted by molar-refractivity contribution is 7.92. The van der Waals surface area contributed by atoms with Crippen molar-refractivity contribution in [3.05, 3.63) is 54.6 Å². The molecule has 2 rings (SSSR count). The van der Waals surface area contributed by atoms with Crippen molar-refractivity contribution < 1.29 is 21.6 Å². The van der Waals surface area contributed by atoms with Crippen molar-refractivity contribution in [3.8, 4) is 5.75 Å². The van der Waals surface area contributed by atoms with Crippen molar-refractivity contribution in [1.29, 1.82) is 0 Å². The van der Waals surface area contributed by atoms with Crippen molar-refractivity contribution >= 4 is 25.5 Å². The van der Waals surface area contributed by atoms with E-state index in [9.17, 15) is 16.8 Å². The van der Waals surface area contributed by atoms with E-state index in [1.807, 2.05) is 25.1 Å². The molecule has 0 amide bonds. The van der Waals surface area contributed by atoms with Crippen LogP contribution in [0.5, 0.6) is 5.75 Å². The Morgan fingerprint density at radius 3 is 2.03 bits per heavy atom. The van der Waals surface area contributed by atoms with Gasteiger partial charge in [-0.05, 0) is 50.5 Å². The molecular weight excluding hydrogens is 412 g/mol. The van der Waals surface area contributed by atoms with Gasteiger partial charge in [0.25, 0.3) is 10.0 Å². The molecular formula is C20H28N2O5S2. The molecule has 0 radical (unpaired) electrons. The molecule has 0 aliphatic rings. The third-order valence-corrected chi connectivity index (χ3v) is 7.82. The van der Waals surface area contributed by atoms with Crippen molar-refractivity contribution in [2.75, 3.05) is 49.6 Å². The highest BCUT2D eigenvalue weighted by Gasteiger charge is 2.25. The third-order valence-electron chi connectivity index (χ3n) is 4.31. The molecule has 0 aromatic heterocycles. The molecule has 2 aromatic carbocycles. The Morgan fingerprint density at radius 1 is 0.862 bits per heavy atom. The lowest BCUT2D eigenvalue weighted by atomic mass is 10.3. The lowest BCUT2D eigenvalue weighted by molar-refractivity contribution is 0.340. The summed E-state index contributed by atoms with van der Waals surface area (Å²) in [6.07, 6.45) is 0. The molecule has 0 unspecified atom stereocenters. The second-order valence-electron chi connectivity index (χ2n) is 6.77. The van der Waals surface area contributed by atoms with Crippen molar-refractivity contribution in [3.63, 3.8) is 0 Å². The zero-order valence-corrected chi connectivity index (χ0v) is 18.6. The molecule has 0 aliphatic carbocycles. The van der Waals surface area contributed by atoms with Crippen LogP contribution in [-0.2, 0) is 19.9 Å². The van der Waals surface area contributed by atoms with Gasteiger partial charge in [-0.2, -0.15) is 0 Å². The first kappa shape index (κ1) is 23.2. The van der Waals surface area contributed by atoms with Crippen LogP contribution in [0, 0.1) is 0 Å². The summed E-state index contributed by atoms with van der Waals surface area (Å²) in [4.78, 5) is 2.07. The van der Waals surface area contributed by atoms with Crippen LogP contribution in [0.4, 0.5) is 5.69 Å². The molecule has 0 N–H and O–H groups in total. The van der Waals surface area contributed by atoms with Gasteiger partial charge in [-0.25, -0.2) is 16.8 Å². The molecule has 29 heavy (non-hydrogen) atoms. The van der Waals surface area contributed by atoms with Crippen LogP contribution in [0.2, 0.25) is 0 Å². The minimum absolute atomic E-state index is 0.0290. The Labute approximate surface area is 173 Å². The number of sulfone groups is 1. The maximum absolute atomic E-state index is 13.2. The maximum atomic E-state index is 13.2. The largest absolute Gasteiger partial charge is 0.493 e. The number of para-hydroxylation sites is 1. The van der Waals surface area contributed by atoms with E-state index in [0.717, 1.165) is 0 Å². The molecule has 0 aliphatic heterocycles. The van der Waals surface area contributed by atoms with Crippen LogP contribution in [0.25, 0.3) is 0 Å². The standard InChI is InChI=1S/C20H28N2O5S2/c1-4-28(23,24)17-16-27-19-10-12-20(13-11-19)29(25,26)22(15-14-21(2)3)18-8-6-5-7-9-18/h5-13H,4,14-17H2,1-3H3. The first-order valence-corrected chi connectivity index (χ1v) is 12.6. The molecule has 0 fully saturated rings. The number of hydrogen-bond acceptors (Lipinski definition) is 6. The molecule has 160 valence electrons. The van der Waals surface area contributed by atoms with Crippen LogP contribution in [0.3, 0.4) is 0 Å².